The van der Waals surface area contributed by atoms with Gasteiger partial charge >= 0.3 is 34.5 Å². The quantitative estimate of drug-likeness (QED) is 0.498. The van der Waals surface area contributed by atoms with Gasteiger partial charge in [-0.1, -0.05) is 0 Å². The van der Waals surface area contributed by atoms with E-state index in [0.717, 1.165) is 0 Å². The molecule has 1 N–H and O–H groups in total. The molecule has 0 aromatic rings. The molecule has 0 bridgehead atoms. The van der Waals surface area contributed by atoms with Gasteiger partial charge in [0.2, 0.25) is 0 Å². The molecule has 0 aromatic heterocycles. The zero-order valence-electron chi connectivity index (χ0n) is 4.13. The van der Waals surface area contributed by atoms with Gasteiger partial charge in [0.1, 0.15) is 0 Å². The Labute approximate surface area is 63.8 Å². The van der Waals surface area contributed by atoms with E-state index in [1.807, 2.05) is 0 Å². The van der Waals surface area contributed by atoms with Crippen molar-refractivity contribution in [3.8, 4) is 0 Å². The van der Waals surface area contributed by atoms with E-state index in [1.54, 1.807) is 0 Å². The second-order valence-corrected chi connectivity index (χ2v) is 6.92. The molecule has 0 heterocycles. The van der Waals surface area contributed by atoms with Crippen LogP contribution in [0, 0.1) is 0 Å². The van der Waals surface area contributed by atoms with E-state index in [1.165, 1.54) is 0 Å². The van der Waals surface area contributed by atoms with Crippen molar-refractivity contribution < 1.29 is 28.1 Å². The minimum atomic E-state index is -3.67. The van der Waals surface area contributed by atoms with Crippen LogP contribution in [0.5, 0.6) is 0 Å². The van der Waals surface area contributed by atoms with Crippen LogP contribution < -0.4 is 0 Å². The Bertz CT molecular complexity index is 111. The first-order valence-electron chi connectivity index (χ1n) is 1.46. The summed E-state index contributed by atoms with van der Waals surface area (Å²) in [5, 5.41) is 0. The molecule has 48 valence electrons. The molecule has 0 saturated heterocycles. The molecule has 7 heteroatoms. The van der Waals surface area contributed by atoms with Crippen LogP contribution in [0.1, 0.15) is 0 Å². The van der Waals surface area contributed by atoms with Gasteiger partial charge in [-0.15, -0.1) is 0 Å². The van der Waals surface area contributed by atoms with Crippen molar-refractivity contribution in [1.29, 1.82) is 0 Å². The first kappa shape index (κ1) is 11.9. The average Bonchev–Trinajstić information content (AvgIpc) is 1.27. The molecule has 0 aliphatic heterocycles. The van der Waals surface area contributed by atoms with Gasteiger partial charge < -0.3 is 0 Å². The molecule has 0 aliphatic rings. The summed E-state index contributed by atoms with van der Waals surface area (Å²) >= 11 is -0.931. The topological polar surface area (TPSA) is 54.4 Å². The fourth-order valence-corrected chi connectivity index (χ4v) is 0. The van der Waals surface area contributed by atoms with Gasteiger partial charge in [-0.25, -0.2) is 0 Å². The molecule has 0 amide bonds. The summed E-state index contributed by atoms with van der Waals surface area (Å²) in [4.78, 5) is 0. The summed E-state index contributed by atoms with van der Waals surface area (Å²) in [5.74, 6) is 0. The van der Waals surface area contributed by atoms with Crippen LogP contribution in [0.25, 0.3) is 0 Å². The van der Waals surface area contributed by atoms with Crippen molar-refractivity contribution in [3.05, 3.63) is 0 Å². The van der Waals surface area contributed by atoms with E-state index in [4.69, 9.17) is 23.9 Å². The Morgan fingerprint density at radius 3 is 1.50 bits per heavy atom. The van der Waals surface area contributed by atoms with Crippen LogP contribution in [0.4, 0.5) is 0 Å². The molecule has 8 heavy (non-hydrogen) atoms. The van der Waals surface area contributed by atoms with E-state index in [9.17, 15) is 8.42 Å². The molecule has 0 radical (unpaired) electrons. The Hall–Kier alpha value is 1.11. The summed E-state index contributed by atoms with van der Waals surface area (Å²) in [6.45, 7) is 0. The van der Waals surface area contributed by atoms with Crippen LogP contribution in [-0.2, 0) is 25.3 Å². The van der Waals surface area contributed by atoms with Gasteiger partial charge in [-0.3, -0.25) is 4.55 Å². The van der Waals surface area contributed by atoms with Crippen molar-refractivity contribution in [1.82, 2.24) is 0 Å². The molecular weight excluding hydrogens is 228 g/mol. The zero-order valence-corrected chi connectivity index (χ0v) is 9.43. The predicted octanol–water partition coefficient (Wildman–Crippen LogP) is 0.881. The number of hydrogen-bond donors (Lipinski definition) is 1. The normalized spacial score (nSPS) is 8.50. The SMILES string of the molecule is CS(=O)(=O)O.[Cl][Zn][Cl]. The average molecular weight is 232 g/mol. The van der Waals surface area contributed by atoms with Crippen LogP contribution in [0.2, 0.25) is 0 Å². The molecule has 0 rings (SSSR count). The van der Waals surface area contributed by atoms with Crippen molar-refractivity contribution in [2.24, 2.45) is 0 Å². The Morgan fingerprint density at radius 1 is 1.50 bits per heavy atom. The minimum absolute atomic E-state index is 0.715. The molecule has 0 saturated carbocycles. The molecule has 0 fully saturated rings. The first-order valence-corrected chi connectivity index (χ1v) is 11.1. The van der Waals surface area contributed by atoms with Gasteiger partial charge in [-0.2, -0.15) is 8.42 Å². The number of halogens is 2. The Balaban J connectivity index is 0. The van der Waals surface area contributed by atoms with Gasteiger partial charge in [0, 0.05) is 0 Å². The van der Waals surface area contributed by atoms with Gasteiger partial charge in [0.05, 0.1) is 6.26 Å². The third kappa shape index (κ3) is 214. The van der Waals surface area contributed by atoms with E-state index < -0.39 is 25.3 Å². The molecule has 3 nitrogen and oxygen atoms in total. The van der Waals surface area contributed by atoms with E-state index >= 15 is 0 Å². The predicted molar refractivity (Wildman–Crippen MR) is 29.2 cm³/mol. The maximum absolute atomic E-state index is 9.19. The molecule has 0 spiro atoms. The number of hydrogen-bond acceptors (Lipinski definition) is 2. The summed E-state index contributed by atoms with van der Waals surface area (Å²) in [6.07, 6.45) is 0.715. The molecule has 0 aromatic carbocycles. The number of rotatable bonds is 0. The van der Waals surface area contributed by atoms with Gasteiger partial charge in [-0.05, 0) is 0 Å². The van der Waals surface area contributed by atoms with Crippen LogP contribution >= 0.6 is 19.4 Å². The van der Waals surface area contributed by atoms with E-state index in [-0.39, 0.29) is 0 Å². The third-order valence-corrected chi connectivity index (χ3v) is 0. The van der Waals surface area contributed by atoms with Crippen molar-refractivity contribution in [3.63, 3.8) is 0 Å². The molecule has 0 unspecified atom stereocenters. The van der Waals surface area contributed by atoms with Crippen molar-refractivity contribution >= 4 is 29.5 Å². The molecule has 0 atom stereocenters. The maximum atomic E-state index is 9.19. The van der Waals surface area contributed by atoms with Crippen LogP contribution in [-0.4, -0.2) is 19.2 Å². The van der Waals surface area contributed by atoms with E-state index in [2.05, 4.69) is 0 Å². The monoisotopic (exact) mass is 230 g/mol. The fraction of sp³-hybridized carbons (Fsp3) is 1.00. The van der Waals surface area contributed by atoms with Crippen molar-refractivity contribution in [2.45, 2.75) is 0 Å². The summed E-state index contributed by atoms with van der Waals surface area (Å²) in [6, 6.07) is 0. The summed E-state index contributed by atoms with van der Waals surface area (Å²) in [7, 11) is 6.24. The van der Waals surface area contributed by atoms with E-state index in [0.29, 0.717) is 6.26 Å². The fourth-order valence-electron chi connectivity index (χ4n) is 0. The summed E-state index contributed by atoms with van der Waals surface area (Å²) in [5.41, 5.74) is 0. The first-order chi connectivity index (χ1) is 3.41. The van der Waals surface area contributed by atoms with Gasteiger partial charge in [0.15, 0.2) is 0 Å². The van der Waals surface area contributed by atoms with Gasteiger partial charge in [0.25, 0.3) is 10.1 Å². The van der Waals surface area contributed by atoms with Crippen LogP contribution in [0.3, 0.4) is 0 Å². The summed E-state index contributed by atoms with van der Waals surface area (Å²) < 4.78 is 25.9. The van der Waals surface area contributed by atoms with Crippen molar-refractivity contribution in [2.75, 3.05) is 6.26 Å². The molecule has 0 aliphatic carbocycles. The van der Waals surface area contributed by atoms with Crippen LogP contribution in [0.15, 0.2) is 0 Å². The second kappa shape index (κ2) is 6.24. The zero-order chi connectivity index (χ0) is 7.21. The Morgan fingerprint density at radius 2 is 1.50 bits per heavy atom. The second-order valence-electron chi connectivity index (χ2n) is 0.834. The standard InChI is InChI=1S/CH4O3S.2ClH.Zn/c1-5(2,3)4;;;/h1H3,(H,2,3,4);2*1H;/q;;;+2/p-2. The molecular formula is CH4Cl2O3SZn. The Kier molecular flexibility index (Phi) is 9.24. The third-order valence-electron chi connectivity index (χ3n) is 0.